The van der Waals surface area contributed by atoms with E-state index in [0.717, 1.165) is 11.3 Å². The second kappa shape index (κ2) is 9.75. The molecule has 0 aromatic heterocycles. The quantitative estimate of drug-likeness (QED) is 0.534. The number of ether oxygens (including phenoxy) is 2. The molecule has 1 atom stereocenters. The van der Waals surface area contributed by atoms with Gasteiger partial charge in [0.2, 0.25) is 0 Å². The lowest BCUT2D eigenvalue weighted by Gasteiger charge is -2.14. The number of para-hydroxylation sites is 1. The largest absolute Gasteiger partial charge is 0.491 e. The summed E-state index contributed by atoms with van der Waals surface area (Å²) in [4.78, 5) is 0. The van der Waals surface area contributed by atoms with E-state index in [1.54, 1.807) is 0 Å². The van der Waals surface area contributed by atoms with Crippen LogP contribution in [-0.2, 0) is 4.74 Å². The van der Waals surface area contributed by atoms with Crippen molar-refractivity contribution in [1.29, 1.82) is 0 Å². The number of benzene rings is 1. The molecule has 0 saturated carbocycles. The third kappa shape index (κ3) is 7.12. The van der Waals surface area contributed by atoms with E-state index in [4.69, 9.17) is 14.6 Å². The van der Waals surface area contributed by atoms with E-state index in [-0.39, 0.29) is 13.2 Å². The van der Waals surface area contributed by atoms with Crippen molar-refractivity contribution in [2.75, 3.05) is 39.5 Å². The summed E-state index contributed by atoms with van der Waals surface area (Å²) in [6.45, 7) is 4.23. The van der Waals surface area contributed by atoms with Gasteiger partial charge in [-0.25, -0.2) is 0 Å². The van der Waals surface area contributed by atoms with Crippen molar-refractivity contribution in [3.05, 3.63) is 29.8 Å². The topological polar surface area (TPSA) is 71.0 Å². The summed E-state index contributed by atoms with van der Waals surface area (Å²) in [5.41, 5.74) is 1.06. The monoisotopic (exact) mass is 269 g/mol. The predicted molar refractivity (Wildman–Crippen MR) is 73.5 cm³/mol. The van der Waals surface area contributed by atoms with Crippen molar-refractivity contribution in [2.24, 2.45) is 0 Å². The van der Waals surface area contributed by atoms with Gasteiger partial charge in [0.1, 0.15) is 18.5 Å². The van der Waals surface area contributed by atoms with Crippen LogP contribution in [0.2, 0.25) is 0 Å². The SMILES string of the molecule is Cc1ccccc1OCC(O)CNCCOCCO. The average Bonchev–Trinajstić information content (AvgIpc) is 2.42. The van der Waals surface area contributed by atoms with Crippen LogP contribution in [0.1, 0.15) is 5.56 Å². The third-order valence-corrected chi connectivity index (χ3v) is 2.56. The van der Waals surface area contributed by atoms with Crippen LogP contribution in [0.3, 0.4) is 0 Å². The second-order valence-electron chi connectivity index (χ2n) is 4.27. The molecule has 0 aliphatic heterocycles. The van der Waals surface area contributed by atoms with Gasteiger partial charge in [0.05, 0.1) is 19.8 Å². The molecule has 0 aliphatic carbocycles. The minimum absolute atomic E-state index is 0.0346. The third-order valence-electron chi connectivity index (χ3n) is 2.56. The molecule has 5 nitrogen and oxygen atoms in total. The average molecular weight is 269 g/mol. The van der Waals surface area contributed by atoms with Gasteiger partial charge in [-0.1, -0.05) is 18.2 Å². The maximum atomic E-state index is 9.74. The zero-order chi connectivity index (χ0) is 13.9. The molecule has 19 heavy (non-hydrogen) atoms. The van der Waals surface area contributed by atoms with Crippen LogP contribution in [-0.4, -0.2) is 55.8 Å². The standard InChI is InChI=1S/C14H23NO4/c1-12-4-2-3-5-14(12)19-11-13(17)10-15-6-8-18-9-7-16/h2-5,13,15-17H,6-11H2,1H3. The normalized spacial score (nSPS) is 12.4. The number of aliphatic hydroxyl groups excluding tert-OH is 2. The van der Waals surface area contributed by atoms with Crippen molar-refractivity contribution < 1.29 is 19.7 Å². The van der Waals surface area contributed by atoms with Gasteiger partial charge in [-0.05, 0) is 18.6 Å². The first kappa shape index (κ1) is 15.9. The molecule has 0 fully saturated rings. The summed E-state index contributed by atoms with van der Waals surface area (Å²) in [6.07, 6.45) is -0.558. The lowest BCUT2D eigenvalue weighted by molar-refractivity contribution is 0.0841. The van der Waals surface area contributed by atoms with Crippen molar-refractivity contribution >= 4 is 0 Å². The van der Waals surface area contributed by atoms with Gasteiger partial charge in [-0.3, -0.25) is 0 Å². The molecule has 108 valence electrons. The molecular weight excluding hydrogens is 246 g/mol. The van der Waals surface area contributed by atoms with E-state index < -0.39 is 6.10 Å². The number of aliphatic hydroxyl groups is 2. The summed E-state index contributed by atoms with van der Waals surface area (Å²) in [5.74, 6) is 0.799. The van der Waals surface area contributed by atoms with Gasteiger partial charge in [0, 0.05) is 13.1 Å². The highest BCUT2D eigenvalue weighted by atomic mass is 16.5. The van der Waals surface area contributed by atoms with Crippen LogP contribution < -0.4 is 10.1 Å². The van der Waals surface area contributed by atoms with E-state index in [9.17, 15) is 5.11 Å². The van der Waals surface area contributed by atoms with Crippen molar-refractivity contribution in [2.45, 2.75) is 13.0 Å². The molecule has 0 bridgehead atoms. The highest BCUT2D eigenvalue weighted by molar-refractivity contribution is 5.31. The van der Waals surface area contributed by atoms with E-state index in [0.29, 0.717) is 26.3 Å². The molecule has 0 aliphatic rings. The Kier molecular flexibility index (Phi) is 8.16. The fourth-order valence-corrected chi connectivity index (χ4v) is 1.54. The number of rotatable bonds is 10. The first-order chi connectivity index (χ1) is 9.24. The Morgan fingerprint density at radius 3 is 2.79 bits per heavy atom. The van der Waals surface area contributed by atoms with Crippen LogP contribution in [0.5, 0.6) is 5.75 Å². The van der Waals surface area contributed by atoms with Crippen molar-refractivity contribution in [1.82, 2.24) is 5.32 Å². The molecule has 0 heterocycles. The molecule has 1 aromatic carbocycles. The fourth-order valence-electron chi connectivity index (χ4n) is 1.54. The van der Waals surface area contributed by atoms with Crippen molar-refractivity contribution in [3.63, 3.8) is 0 Å². The van der Waals surface area contributed by atoms with Crippen molar-refractivity contribution in [3.8, 4) is 5.75 Å². The van der Waals surface area contributed by atoms with E-state index in [2.05, 4.69) is 5.32 Å². The maximum Gasteiger partial charge on any atom is 0.122 e. The zero-order valence-corrected chi connectivity index (χ0v) is 11.3. The molecule has 1 unspecified atom stereocenters. The Morgan fingerprint density at radius 2 is 2.05 bits per heavy atom. The second-order valence-corrected chi connectivity index (χ2v) is 4.27. The smallest absolute Gasteiger partial charge is 0.122 e. The molecule has 1 rings (SSSR count). The van der Waals surface area contributed by atoms with Gasteiger partial charge >= 0.3 is 0 Å². The first-order valence-corrected chi connectivity index (χ1v) is 6.50. The highest BCUT2D eigenvalue weighted by Gasteiger charge is 2.05. The van der Waals surface area contributed by atoms with Crippen LogP contribution in [0, 0.1) is 6.92 Å². The minimum atomic E-state index is -0.558. The number of aryl methyl sites for hydroxylation is 1. The summed E-state index contributed by atoms with van der Waals surface area (Å²) >= 11 is 0. The molecule has 1 aromatic rings. The van der Waals surface area contributed by atoms with Gasteiger partial charge in [-0.15, -0.1) is 0 Å². The summed E-state index contributed by atoms with van der Waals surface area (Å²) in [6, 6.07) is 7.72. The summed E-state index contributed by atoms with van der Waals surface area (Å²) < 4.78 is 10.6. The predicted octanol–water partition coefficient (Wildman–Crippen LogP) is 0.333. The lowest BCUT2D eigenvalue weighted by Crippen LogP contribution is -2.33. The number of nitrogens with one attached hydrogen (secondary N) is 1. The maximum absolute atomic E-state index is 9.74. The number of hydrogen-bond acceptors (Lipinski definition) is 5. The Labute approximate surface area is 114 Å². The van der Waals surface area contributed by atoms with E-state index in [1.807, 2.05) is 31.2 Å². The Balaban J connectivity index is 2.08. The zero-order valence-electron chi connectivity index (χ0n) is 11.3. The molecule has 0 spiro atoms. The van der Waals surface area contributed by atoms with Gasteiger partial charge in [0.15, 0.2) is 0 Å². The Hall–Kier alpha value is -1.14. The molecule has 0 radical (unpaired) electrons. The summed E-state index contributed by atoms with van der Waals surface area (Å²) in [7, 11) is 0. The number of hydrogen-bond donors (Lipinski definition) is 3. The highest BCUT2D eigenvalue weighted by Crippen LogP contribution is 2.16. The van der Waals surface area contributed by atoms with Crippen LogP contribution in [0.25, 0.3) is 0 Å². The molecular formula is C14H23NO4. The van der Waals surface area contributed by atoms with Crippen LogP contribution in [0.4, 0.5) is 0 Å². The first-order valence-electron chi connectivity index (χ1n) is 6.50. The van der Waals surface area contributed by atoms with Crippen LogP contribution in [0.15, 0.2) is 24.3 Å². The van der Waals surface area contributed by atoms with E-state index in [1.165, 1.54) is 0 Å². The van der Waals surface area contributed by atoms with Gasteiger partial charge < -0.3 is 25.0 Å². The Bertz CT molecular complexity index is 346. The van der Waals surface area contributed by atoms with Gasteiger partial charge in [0.25, 0.3) is 0 Å². The van der Waals surface area contributed by atoms with Crippen LogP contribution >= 0.6 is 0 Å². The molecule has 0 amide bonds. The summed E-state index contributed by atoms with van der Waals surface area (Å²) in [5, 5.41) is 21.3. The molecule has 5 heteroatoms. The van der Waals surface area contributed by atoms with E-state index >= 15 is 0 Å². The fraction of sp³-hybridized carbons (Fsp3) is 0.571. The Morgan fingerprint density at radius 1 is 1.26 bits per heavy atom. The minimum Gasteiger partial charge on any atom is -0.491 e. The van der Waals surface area contributed by atoms with Gasteiger partial charge in [-0.2, -0.15) is 0 Å². The molecule has 0 saturated heterocycles. The molecule has 3 N–H and O–H groups in total. The lowest BCUT2D eigenvalue weighted by atomic mass is 10.2.